The van der Waals surface area contributed by atoms with Crippen molar-refractivity contribution in [3.8, 4) is 0 Å². The predicted molar refractivity (Wildman–Crippen MR) is 56.2 cm³/mol. The van der Waals surface area contributed by atoms with Crippen LogP contribution in [0.2, 0.25) is 0 Å². The molecule has 1 heteroatoms. The van der Waals surface area contributed by atoms with E-state index in [2.05, 4.69) is 49.7 Å². The highest BCUT2D eigenvalue weighted by Gasteiger charge is 2.02. The summed E-state index contributed by atoms with van der Waals surface area (Å²) in [6.45, 7) is 8.99. The fourth-order valence-corrected chi connectivity index (χ4v) is 1.71. The van der Waals surface area contributed by atoms with Crippen molar-refractivity contribution in [2.75, 3.05) is 5.33 Å². The van der Waals surface area contributed by atoms with Crippen molar-refractivity contribution >= 4 is 15.9 Å². The van der Waals surface area contributed by atoms with Gasteiger partial charge in [-0.1, -0.05) is 61.7 Å². The molecule has 0 amide bonds. The van der Waals surface area contributed by atoms with Crippen LogP contribution < -0.4 is 0 Å². The molecule has 0 spiro atoms. The zero-order chi connectivity index (χ0) is 8.85. The van der Waals surface area contributed by atoms with E-state index in [0.29, 0.717) is 5.92 Å². The Morgan fingerprint density at radius 3 is 2.18 bits per heavy atom. The number of halogens is 1. The molecule has 0 saturated heterocycles. The Labute approximate surface area is 79.2 Å². The van der Waals surface area contributed by atoms with Gasteiger partial charge < -0.3 is 0 Å². The van der Waals surface area contributed by atoms with Crippen molar-refractivity contribution in [2.24, 2.45) is 11.8 Å². The highest BCUT2D eigenvalue weighted by molar-refractivity contribution is 9.09. The Hall–Kier alpha value is 0.220. The highest BCUT2D eigenvalue weighted by atomic mass is 79.9. The molecule has 0 saturated carbocycles. The van der Waals surface area contributed by atoms with Gasteiger partial charge in [-0.05, 0) is 11.8 Å². The average molecular weight is 219 g/mol. The molecule has 0 aromatic carbocycles. The van der Waals surface area contributed by atoms with Gasteiger partial charge in [-0.25, -0.2) is 0 Å². The monoisotopic (exact) mass is 218 g/mol. The van der Waals surface area contributed by atoms with E-state index in [1.165, 1.54) is 12.0 Å². The fraction of sp³-hybridized carbons (Fsp3) is 0.800. The van der Waals surface area contributed by atoms with Gasteiger partial charge in [0.2, 0.25) is 0 Å². The minimum atomic E-state index is 0.684. The summed E-state index contributed by atoms with van der Waals surface area (Å²) in [7, 11) is 0. The van der Waals surface area contributed by atoms with E-state index >= 15 is 0 Å². The number of allylic oxidation sites excluding steroid dienone is 2. The lowest BCUT2D eigenvalue weighted by molar-refractivity contribution is 0.670. The minimum absolute atomic E-state index is 0.684. The van der Waals surface area contributed by atoms with Crippen LogP contribution in [0.4, 0.5) is 0 Å². The Morgan fingerprint density at radius 2 is 1.91 bits per heavy atom. The second kappa shape index (κ2) is 5.82. The summed E-state index contributed by atoms with van der Waals surface area (Å²) >= 11 is 3.51. The average Bonchev–Trinajstić information content (AvgIpc) is 1.99. The molecule has 0 aliphatic heterocycles. The van der Waals surface area contributed by atoms with Crippen molar-refractivity contribution in [3.05, 3.63) is 11.6 Å². The maximum absolute atomic E-state index is 3.51. The molecule has 0 aromatic heterocycles. The van der Waals surface area contributed by atoms with Gasteiger partial charge in [0.15, 0.2) is 0 Å². The third-order valence-electron chi connectivity index (χ3n) is 2.04. The molecular formula is C10H19Br. The summed E-state index contributed by atoms with van der Waals surface area (Å²) in [5, 5.41) is 1.02. The van der Waals surface area contributed by atoms with E-state index in [1.54, 1.807) is 0 Å². The number of hydrogen-bond acceptors (Lipinski definition) is 0. The first-order valence-corrected chi connectivity index (χ1v) is 5.50. The zero-order valence-corrected chi connectivity index (χ0v) is 9.61. The molecule has 0 N–H and O–H groups in total. The van der Waals surface area contributed by atoms with Gasteiger partial charge in [-0.15, -0.1) is 0 Å². The number of alkyl halides is 1. The number of hydrogen-bond donors (Lipinski definition) is 0. The second-order valence-corrected chi connectivity index (χ2v) is 3.98. The molecule has 0 radical (unpaired) electrons. The minimum Gasteiger partial charge on any atom is -0.0880 e. The lowest BCUT2D eigenvalue weighted by Gasteiger charge is -2.10. The molecule has 66 valence electrons. The van der Waals surface area contributed by atoms with Gasteiger partial charge in [0.1, 0.15) is 0 Å². The van der Waals surface area contributed by atoms with Gasteiger partial charge in [0.05, 0.1) is 0 Å². The Morgan fingerprint density at radius 1 is 1.36 bits per heavy atom. The van der Waals surface area contributed by atoms with Crippen LogP contribution >= 0.6 is 15.9 Å². The van der Waals surface area contributed by atoms with Gasteiger partial charge in [-0.3, -0.25) is 0 Å². The summed E-state index contributed by atoms with van der Waals surface area (Å²) in [4.78, 5) is 0. The lowest BCUT2D eigenvalue weighted by atomic mass is 9.99. The van der Waals surface area contributed by atoms with Crippen molar-refractivity contribution in [1.82, 2.24) is 0 Å². The highest BCUT2D eigenvalue weighted by Crippen LogP contribution is 2.16. The van der Waals surface area contributed by atoms with Crippen LogP contribution in [0.25, 0.3) is 0 Å². The van der Waals surface area contributed by atoms with E-state index in [1.807, 2.05) is 0 Å². The smallest absolute Gasteiger partial charge is 0.0244 e. The van der Waals surface area contributed by atoms with Crippen molar-refractivity contribution in [1.29, 1.82) is 0 Å². The summed E-state index contributed by atoms with van der Waals surface area (Å²) in [6.07, 6.45) is 3.63. The van der Waals surface area contributed by atoms with E-state index in [4.69, 9.17) is 0 Å². The standard InChI is InChI=1S/C10H19Br/c1-5-9(4)6-10(7-11)8(2)3/h6,8-9H,5,7H2,1-4H3. The van der Waals surface area contributed by atoms with Crippen LogP contribution in [0, 0.1) is 11.8 Å². The summed E-state index contributed by atoms with van der Waals surface area (Å²) in [5.74, 6) is 1.41. The van der Waals surface area contributed by atoms with Gasteiger partial charge in [-0.2, -0.15) is 0 Å². The fourth-order valence-electron chi connectivity index (χ4n) is 0.875. The van der Waals surface area contributed by atoms with Gasteiger partial charge in [0.25, 0.3) is 0 Å². The molecule has 0 nitrogen and oxygen atoms in total. The van der Waals surface area contributed by atoms with Crippen LogP contribution in [-0.2, 0) is 0 Å². The first kappa shape index (κ1) is 11.2. The van der Waals surface area contributed by atoms with Crippen molar-refractivity contribution < 1.29 is 0 Å². The SMILES string of the molecule is CCC(C)C=C(CBr)C(C)C. The van der Waals surface area contributed by atoms with E-state index in [-0.39, 0.29) is 0 Å². The molecule has 0 rings (SSSR count). The van der Waals surface area contributed by atoms with Crippen LogP contribution in [0.3, 0.4) is 0 Å². The van der Waals surface area contributed by atoms with Crippen LogP contribution in [0.5, 0.6) is 0 Å². The Bertz CT molecular complexity index is 125. The third kappa shape index (κ3) is 4.62. The summed E-state index contributed by atoms with van der Waals surface area (Å²) < 4.78 is 0. The first-order valence-electron chi connectivity index (χ1n) is 4.38. The van der Waals surface area contributed by atoms with E-state index in [0.717, 1.165) is 11.2 Å². The normalized spacial score (nSPS) is 15.6. The molecule has 0 heterocycles. The maximum atomic E-state index is 3.51. The van der Waals surface area contributed by atoms with E-state index in [9.17, 15) is 0 Å². The van der Waals surface area contributed by atoms with Gasteiger partial charge in [0, 0.05) is 5.33 Å². The molecule has 0 aliphatic rings. The topological polar surface area (TPSA) is 0 Å². The Kier molecular flexibility index (Phi) is 5.93. The quantitative estimate of drug-likeness (QED) is 0.495. The van der Waals surface area contributed by atoms with Crippen LogP contribution in [0.15, 0.2) is 11.6 Å². The maximum Gasteiger partial charge on any atom is 0.0244 e. The first-order chi connectivity index (χ1) is 5.11. The zero-order valence-electron chi connectivity index (χ0n) is 8.02. The van der Waals surface area contributed by atoms with Crippen LogP contribution in [0.1, 0.15) is 34.1 Å². The molecule has 1 atom stereocenters. The molecule has 0 fully saturated rings. The molecule has 1 unspecified atom stereocenters. The number of rotatable bonds is 4. The molecule has 0 aliphatic carbocycles. The predicted octanol–water partition coefficient (Wildman–Crippen LogP) is 4.01. The van der Waals surface area contributed by atoms with Crippen molar-refractivity contribution in [3.63, 3.8) is 0 Å². The molecule has 0 bridgehead atoms. The van der Waals surface area contributed by atoms with E-state index < -0.39 is 0 Å². The van der Waals surface area contributed by atoms with Gasteiger partial charge >= 0.3 is 0 Å². The summed E-state index contributed by atoms with van der Waals surface area (Å²) in [5.41, 5.74) is 1.53. The third-order valence-corrected chi connectivity index (χ3v) is 2.69. The van der Waals surface area contributed by atoms with Crippen LogP contribution in [-0.4, -0.2) is 5.33 Å². The molecule has 11 heavy (non-hydrogen) atoms. The second-order valence-electron chi connectivity index (χ2n) is 3.42. The lowest BCUT2D eigenvalue weighted by Crippen LogP contribution is -1.98. The molecular weight excluding hydrogens is 200 g/mol. The van der Waals surface area contributed by atoms with Crippen molar-refractivity contribution in [2.45, 2.75) is 34.1 Å². The largest absolute Gasteiger partial charge is 0.0880 e. The Balaban J connectivity index is 4.10. The summed E-state index contributed by atoms with van der Waals surface area (Å²) in [6, 6.07) is 0. The molecule has 0 aromatic rings.